The van der Waals surface area contributed by atoms with Gasteiger partial charge in [-0.15, -0.1) is 11.3 Å². The van der Waals surface area contributed by atoms with Gasteiger partial charge in [0.1, 0.15) is 0 Å². The lowest BCUT2D eigenvalue weighted by Crippen LogP contribution is -2.32. The van der Waals surface area contributed by atoms with Gasteiger partial charge in [-0.1, -0.05) is 50.2 Å². The van der Waals surface area contributed by atoms with E-state index in [1.165, 1.54) is 9.78 Å². The number of nitrogens with zero attached hydrogens (tertiary/aromatic N) is 1. The van der Waals surface area contributed by atoms with Gasteiger partial charge in [-0.3, -0.25) is 14.5 Å². The maximum atomic E-state index is 13.3. The number of carbonyl (C=O) groups is 2. The minimum atomic E-state index is -0.728. The molecule has 3 aromatic rings. The van der Waals surface area contributed by atoms with E-state index in [-0.39, 0.29) is 17.3 Å². The van der Waals surface area contributed by atoms with Crippen LogP contribution in [0.15, 0.2) is 72.0 Å². The fourth-order valence-electron chi connectivity index (χ4n) is 4.19. The summed E-state index contributed by atoms with van der Waals surface area (Å²) in [5.74, 6) is -1.66. The van der Waals surface area contributed by atoms with Crippen molar-refractivity contribution in [2.75, 3.05) is 12.0 Å². The number of ether oxygens (including phenoxy) is 1. The Balaban J connectivity index is 1.83. The standard InChI is InChI=1S/C27H27NO4S/c1-16(2)25(29)23-24(21-8-6-5-7-19(21)15-32-4)28(27(31)26(23)30)20-12-10-18(11-13-20)22-14-9-17(3)33-22/h5-14,16,24,30H,15H2,1-4H3. The molecule has 1 aliphatic heterocycles. The van der Waals surface area contributed by atoms with Gasteiger partial charge >= 0.3 is 0 Å². The van der Waals surface area contributed by atoms with Gasteiger partial charge in [-0.2, -0.15) is 0 Å². The second kappa shape index (κ2) is 9.33. The Morgan fingerprint density at radius 2 is 1.79 bits per heavy atom. The third kappa shape index (κ3) is 4.24. The summed E-state index contributed by atoms with van der Waals surface area (Å²) < 4.78 is 5.37. The fraction of sp³-hybridized carbons (Fsp3) is 0.259. The molecule has 1 amide bonds. The molecule has 2 heterocycles. The summed E-state index contributed by atoms with van der Waals surface area (Å²) in [4.78, 5) is 30.3. The van der Waals surface area contributed by atoms with Crippen LogP contribution in [0.1, 0.15) is 35.9 Å². The maximum Gasteiger partial charge on any atom is 0.294 e. The number of Topliss-reactive ketones (excluding diaryl/α,β-unsaturated/α-hetero) is 1. The highest BCUT2D eigenvalue weighted by Gasteiger charge is 2.45. The number of methoxy groups -OCH3 is 1. The Morgan fingerprint density at radius 1 is 1.09 bits per heavy atom. The first-order chi connectivity index (χ1) is 15.8. The van der Waals surface area contributed by atoms with Crippen molar-refractivity contribution in [2.24, 2.45) is 5.92 Å². The van der Waals surface area contributed by atoms with Crippen LogP contribution in [0.25, 0.3) is 10.4 Å². The minimum Gasteiger partial charge on any atom is -0.503 e. The molecule has 1 aromatic heterocycles. The van der Waals surface area contributed by atoms with E-state index >= 15 is 0 Å². The highest BCUT2D eigenvalue weighted by Crippen LogP contribution is 2.43. The van der Waals surface area contributed by atoms with Crippen LogP contribution in [0, 0.1) is 12.8 Å². The molecule has 4 rings (SSSR count). The second-order valence-electron chi connectivity index (χ2n) is 8.45. The molecule has 0 bridgehead atoms. The number of amides is 1. The summed E-state index contributed by atoms with van der Waals surface area (Å²) >= 11 is 1.70. The molecule has 0 aliphatic carbocycles. The quantitative estimate of drug-likeness (QED) is 0.469. The van der Waals surface area contributed by atoms with Crippen LogP contribution < -0.4 is 4.90 Å². The highest BCUT2D eigenvalue weighted by atomic mass is 32.1. The minimum absolute atomic E-state index is 0.136. The van der Waals surface area contributed by atoms with Crippen LogP contribution in [0.4, 0.5) is 5.69 Å². The number of thiophene rings is 1. The molecular formula is C27H27NO4S. The number of benzene rings is 2. The molecule has 1 atom stereocenters. The lowest BCUT2D eigenvalue weighted by molar-refractivity contribution is -0.119. The first-order valence-corrected chi connectivity index (χ1v) is 11.7. The Kier molecular flexibility index (Phi) is 6.49. The summed E-state index contributed by atoms with van der Waals surface area (Å²) in [7, 11) is 1.60. The van der Waals surface area contributed by atoms with Crippen LogP contribution >= 0.6 is 11.3 Å². The van der Waals surface area contributed by atoms with Crippen molar-refractivity contribution in [1.29, 1.82) is 0 Å². The zero-order valence-electron chi connectivity index (χ0n) is 19.2. The SMILES string of the molecule is COCc1ccccc1C1C(C(=O)C(C)C)=C(O)C(=O)N1c1ccc(-c2ccc(C)s2)cc1. The zero-order chi connectivity index (χ0) is 23.7. The summed E-state index contributed by atoms with van der Waals surface area (Å²) in [6.45, 7) is 5.93. The molecule has 0 saturated carbocycles. The molecule has 0 spiro atoms. The Morgan fingerprint density at radius 3 is 2.39 bits per heavy atom. The molecule has 1 N–H and O–H groups in total. The molecule has 0 radical (unpaired) electrons. The molecule has 0 saturated heterocycles. The van der Waals surface area contributed by atoms with Crippen LogP contribution in [-0.4, -0.2) is 23.9 Å². The monoisotopic (exact) mass is 461 g/mol. The van der Waals surface area contributed by atoms with Crippen LogP contribution in [0.3, 0.4) is 0 Å². The van der Waals surface area contributed by atoms with E-state index in [0.717, 1.165) is 21.6 Å². The van der Waals surface area contributed by atoms with Crippen molar-refractivity contribution >= 4 is 28.7 Å². The van der Waals surface area contributed by atoms with E-state index in [1.807, 2.05) is 48.5 Å². The molecule has 5 nitrogen and oxygen atoms in total. The highest BCUT2D eigenvalue weighted by molar-refractivity contribution is 7.15. The number of hydrogen-bond acceptors (Lipinski definition) is 5. The van der Waals surface area contributed by atoms with E-state index in [4.69, 9.17) is 4.74 Å². The van der Waals surface area contributed by atoms with Crippen molar-refractivity contribution in [3.8, 4) is 10.4 Å². The maximum absolute atomic E-state index is 13.3. The molecule has 33 heavy (non-hydrogen) atoms. The van der Waals surface area contributed by atoms with Crippen molar-refractivity contribution < 1.29 is 19.4 Å². The van der Waals surface area contributed by atoms with E-state index < -0.39 is 17.7 Å². The first kappa shape index (κ1) is 23.0. The molecule has 2 aromatic carbocycles. The predicted octanol–water partition coefficient (Wildman–Crippen LogP) is 6.00. The number of carbonyl (C=O) groups excluding carboxylic acids is 2. The lowest BCUT2D eigenvalue weighted by atomic mass is 9.89. The third-order valence-corrected chi connectivity index (χ3v) is 6.87. The Bertz CT molecular complexity index is 1220. The van der Waals surface area contributed by atoms with Gasteiger partial charge in [0.15, 0.2) is 11.5 Å². The van der Waals surface area contributed by atoms with Gasteiger partial charge in [-0.05, 0) is 47.9 Å². The summed E-state index contributed by atoms with van der Waals surface area (Å²) in [6.07, 6.45) is 0. The van der Waals surface area contributed by atoms with E-state index in [9.17, 15) is 14.7 Å². The van der Waals surface area contributed by atoms with Crippen molar-refractivity contribution in [2.45, 2.75) is 33.4 Å². The molecule has 1 aliphatic rings. The van der Waals surface area contributed by atoms with Crippen molar-refractivity contribution in [1.82, 2.24) is 0 Å². The smallest absolute Gasteiger partial charge is 0.294 e. The molecule has 0 fully saturated rings. The molecular weight excluding hydrogens is 434 g/mol. The molecule has 1 unspecified atom stereocenters. The summed E-state index contributed by atoms with van der Waals surface area (Å²) in [6, 6.07) is 18.6. The average molecular weight is 462 g/mol. The van der Waals surface area contributed by atoms with Crippen molar-refractivity contribution in [3.63, 3.8) is 0 Å². The number of aliphatic hydroxyl groups is 1. The summed E-state index contributed by atoms with van der Waals surface area (Å²) in [5, 5.41) is 10.8. The third-order valence-electron chi connectivity index (χ3n) is 5.82. The van der Waals surface area contributed by atoms with Gasteiger partial charge in [0.05, 0.1) is 18.2 Å². The zero-order valence-corrected chi connectivity index (χ0v) is 20.0. The van der Waals surface area contributed by atoms with E-state index in [0.29, 0.717) is 12.3 Å². The number of aliphatic hydroxyl groups excluding tert-OH is 1. The number of hydrogen-bond donors (Lipinski definition) is 1. The largest absolute Gasteiger partial charge is 0.503 e. The number of rotatable bonds is 7. The van der Waals surface area contributed by atoms with Crippen LogP contribution in [0.5, 0.6) is 0 Å². The molecule has 6 heteroatoms. The second-order valence-corrected chi connectivity index (χ2v) is 9.74. The number of aryl methyl sites for hydroxylation is 1. The number of anilines is 1. The topological polar surface area (TPSA) is 66.8 Å². The van der Waals surface area contributed by atoms with Crippen LogP contribution in [-0.2, 0) is 20.9 Å². The predicted molar refractivity (Wildman–Crippen MR) is 131 cm³/mol. The van der Waals surface area contributed by atoms with Gasteiger partial charge in [0.2, 0.25) is 0 Å². The Labute approximate surface area is 197 Å². The average Bonchev–Trinajstić information content (AvgIpc) is 3.35. The van der Waals surface area contributed by atoms with E-state index in [2.05, 4.69) is 19.1 Å². The van der Waals surface area contributed by atoms with Crippen LogP contribution in [0.2, 0.25) is 0 Å². The summed E-state index contributed by atoms with van der Waals surface area (Å²) in [5.41, 5.74) is 3.43. The fourth-order valence-corrected chi connectivity index (χ4v) is 5.07. The lowest BCUT2D eigenvalue weighted by Gasteiger charge is -2.29. The number of ketones is 1. The van der Waals surface area contributed by atoms with E-state index in [1.54, 1.807) is 32.3 Å². The van der Waals surface area contributed by atoms with Gasteiger partial charge < -0.3 is 9.84 Å². The first-order valence-electron chi connectivity index (χ1n) is 10.9. The Hall–Kier alpha value is -3.22. The molecule has 170 valence electrons. The van der Waals surface area contributed by atoms with Gasteiger partial charge in [0.25, 0.3) is 5.91 Å². The van der Waals surface area contributed by atoms with Crippen molar-refractivity contribution in [3.05, 3.63) is 88.0 Å². The van der Waals surface area contributed by atoms with Gasteiger partial charge in [-0.25, -0.2) is 0 Å². The normalized spacial score (nSPS) is 16.2. The van der Waals surface area contributed by atoms with Gasteiger partial charge in [0, 0.05) is 28.5 Å².